The number of aliphatic hydroxyl groups excluding tert-OH is 1. The molecule has 1 aliphatic rings. The molecular weight excluding hydrogens is 190 g/mol. The van der Waals surface area contributed by atoms with Crippen molar-refractivity contribution in [2.45, 2.75) is 32.2 Å². The molecule has 15 heavy (non-hydrogen) atoms. The van der Waals surface area contributed by atoms with Crippen LogP contribution in [0.1, 0.15) is 25.0 Å². The van der Waals surface area contributed by atoms with Crippen molar-refractivity contribution in [3.63, 3.8) is 0 Å². The van der Waals surface area contributed by atoms with Gasteiger partial charge in [0.15, 0.2) is 5.82 Å². The number of nitrogens with zero attached hydrogens (tertiary/aromatic N) is 3. The molecule has 1 aromatic heterocycles. The second kappa shape index (κ2) is 4.57. The van der Waals surface area contributed by atoms with Crippen LogP contribution in [0.4, 0.5) is 5.82 Å². The zero-order valence-corrected chi connectivity index (χ0v) is 9.06. The van der Waals surface area contributed by atoms with E-state index in [9.17, 15) is 0 Å². The zero-order valence-electron chi connectivity index (χ0n) is 9.06. The van der Waals surface area contributed by atoms with Crippen molar-refractivity contribution in [3.8, 4) is 0 Å². The largest absolute Gasteiger partial charge is 0.396 e. The Bertz CT molecular complexity index is 312. The molecule has 0 aliphatic carbocycles. The van der Waals surface area contributed by atoms with Gasteiger partial charge in [-0.3, -0.25) is 0 Å². The molecule has 0 amide bonds. The third-order valence-corrected chi connectivity index (χ3v) is 2.92. The molecule has 1 atom stereocenters. The SMILES string of the molecule is Cc1ccc(N2CCCC2CCO)nn1. The van der Waals surface area contributed by atoms with E-state index in [0.717, 1.165) is 30.9 Å². The van der Waals surface area contributed by atoms with Crippen molar-refractivity contribution in [3.05, 3.63) is 17.8 Å². The van der Waals surface area contributed by atoms with Crippen molar-refractivity contribution < 1.29 is 5.11 Å². The van der Waals surface area contributed by atoms with Gasteiger partial charge in [-0.05, 0) is 38.3 Å². The Balaban J connectivity index is 2.11. The normalized spacial score (nSPS) is 20.9. The van der Waals surface area contributed by atoms with Crippen molar-refractivity contribution >= 4 is 5.82 Å². The second-order valence-corrected chi connectivity index (χ2v) is 4.03. The number of aliphatic hydroxyl groups is 1. The molecule has 1 saturated heterocycles. The maximum absolute atomic E-state index is 8.97. The summed E-state index contributed by atoms with van der Waals surface area (Å²) >= 11 is 0. The third kappa shape index (κ3) is 2.26. The van der Waals surface area contributed by atoms with Gasteiger partial charge in [0.1, 0.15) is 0 Å². The maximum Gasteiger partial charge on any atom is 0.151 e. The van der Waals surface area contributed by atoms with Crippen LogP contribution in [0, 0.1) is 6.92 Å². The number of rotatable bonds is 3. The monoisotopic (exact) mass is 207 g/mol. The molecule has 0 saturated carbocycles. The first-order chi connectivity index (χ1) is 7.31. The van der Waals surface area contributed by atoms with Crippen LogP contribution in [0.5, 0.6) is 0 Å². The Hall–Kier alpha value is -1.16. The van der Waals surface area contributed by atoms with Gasteiger partial charge in [-0.1, -0.05) is 0 Å². The molecule has 4 heteroatoms. The lowest BCUT2D eigenvalue weighted by Gasteiger charge is -2.24. The summed E-state index contributed by atoms with van der Waals surface area (Å²) < 4.78 is 0. The van der Waals surface area contributed by atoms with E-state index in [2.05, 4.69) is 15.1 Å². The Morgan fingerprint density at radius 2 is 2.33 bits per heavy atom. The molecule has 82 valence electrons. The van der Waals surface area contributed by atoms with E-state index in [1.807, 2.05) is 19.1 Å². The first kappa shape index (κ1) is 10.4. The van der Waals surface area contributed by atoms with Crippen LogP contribution in [0.15, 0.2) is 12.1 Å². The van der Waals surface area contributed by atoms with Gasteiger partial charge in [0.2, 0.25) is 0 Å². The van der Waals surface area contributed by atoms with Gasteiger partial charge in [-0.25, -0.2) is 0 Å². The van der Waals surface area contributed by atoms with Gasteiger partial charge >= 0.3 is 0 Å². The molecule has 0 aromatic carbocycles. The van der Waals surface area contributed by atoms with Crippen LogP contribution >= 0.6 is 0 Å². The first-order valence-electron chi connectivity index (χ1n) is 5.49. The highest BCUT2D eigenvalue weighted by Gasteiger charge is 2.24. The first-order valence-corrected chi connectivity index (χ1v) is 5.49. The number of aromatic nitrogens is 2. The lowest BCUT2D eigenvalue weighted by Crippen LogP contribution is -2.30. The summed E-state index contributed by atoms with van der Waals surface area (Å²) in [5.41, 5.74) is 0.941. The van der Waals surface area contributed by atoms with Crippen LogP contribution in [-0.2, 0) is 0 Å². The Morgan fingerprint density at radius 3 is 3.00 bits per heavy atom. The van der Waals surface area contributed by atoms with Gasteiger partial charge in [-0.2, -0.15) is 5.10 Å². The standard InChI is InChI=1S/C11H17N3O/c1-9-4-5-11(13-12-9)14-7-2-3-10(14)6-8-15/h4-5,10,15H,2-3,6-8H2,1H3. The lowest BCUT2D eigenvalue weighted by atomic mass is 10.1. The van der Waals surface area contributed by atoms with Crippen molar-refractivity contribution in [2.75, 3.05) is 18.1 Å². The van der Waals surface area contributed by atoms with E-state index >= 15 is 0 Å². The molecule has 1 N–H and O–H groups in total. The molecule has 1 aromatic rings. The number of anilines is 1. The van der Waals surface area contributed by atoms with E-state index in [4.69, 9.17) is 5.11 Å². The summed E-state index contributed by atoms with van der Waals surface area (Å²) in [6, 6.07) is 4.43. The minimum Gasteiger partial charge on any atom is -0.396 e. The maximum atomic E-state index is 8.97. The summed E-state index contributed by atoms with van der Waals surface area (Å²) in [6.07, 6.45) is 3.16. The van der Waals surface area contributed by atoms with Crippen LogP contribution in [-0.4, -0.2) is 34.5 Å². The Labute approximate surface area is 89.9 Å². The van der Waals surface area contributed by atoms with Crippen LogP contribution in [0.3, 0.4) is 0 Å². The molecule has 2 rings (SSSR count). The molecule has 0 bridgehead atoms. The van der Waals surface area contributed by atoms with E-state index in [1.54, 1.807) is 0 Å². The minimum absolute atomic E-state index is 0.250. The Morgan fingerprint density at radius 1 is 1.47 bits per heavy atom. The van der Waals surface area contributed by atoms with E-state index in [1.165, 1.54) is 6.42 Å². The molecule has 1 aliphatic heterocycles. The number of hydrogen-bond acceptors (Lipinski definition) is 4. The molecule has 0 radical (unpaired) electrons. The molecule has 1 fully saturated rings. The average Bonchev–Trinajstić information content (AvgIpc) is 2.68. The second-order valence-electron chi connectivity index (χ2n) is 4.03. The summed E-state index contributed by atoms with van der Waals surface area (Å²) in [7, 11) is 0. The molecule has 1 unspecified atom stereocenters. The highest BCUT2D eigenvalue weighted by atomic mass is 16.3. The molecule has 4 nitrogen and oxygen atoms in total. The van der Waals surface area contributed by atoms with E-state index < -0.39 is 0 Å². The van der Waals surface area contributed by atoms with Gasteiger partial charge in [0.05, 0.1) is 5.69 Å². The quantitative estimate of drug-likeness (QED) is 0.807. The molecular formula is C11H17N3O. The topological polar surface area (TPSA) is 49.2 Å². The molecule has 0 spiro atoms. The van der Waals surface area contributed by atoms with E-state index in [0.29, 0.717) is 6.04 Å². The van der Waals surface area contributed by atoms with Crippen LogP contribution < -0.4 is 4.90 Å². The van der Waals surface area contributed by atoms with Crippen LogP contribution in [0.25, 0.3) is 0 Å². The molecule has 2 heterocycles. The highest BCUT2D eigenvalue weighted by Crippen LogP contribution is 2.24. The van der Waals surface area contributed by atoms with Crippen molar-refractivity contribution in [2.24, 2.45) is 0 Å². The lowest BCUT2D eigenvalue weighted by molar-refractivity contribution is 0.275. The predicted molar refractivity (Wildman–Crippen MR) is 58.8 cm³/mol. The summed E-state index contributed by atoms with van der Waals surface area (Å²) in [5.74, 6) is 0.941. The summed E-state index contributed by atoms with van der Waals surface area (Å²) in [4.78, 5) is 2.25. The predicted octanol–water partition coefficient (Wildman–Crippen LogP) is 1.14. The average molecular weight is 207 g/mol. The fourth-order valence-corrected chi connectivity index (χ4v) is 2.13. The van der Waals surface area contributed by atoms with Gasteiger partial charge in [-0.15, -0.1) is 5.10 Å². The fourth-order valence-electron chi connectivity index (χ4n) is 2.13. The number of hydrogen-bond donors (Lipinski definition) is 1. The Kier molecular flexibility index (Phi) is 3.16. The highest BCUT2D eigenvalue weighted by molar-refractivity contribution is 5.39. The minimum atomic E-state index is 0.250. The van der Waals surface area contributed by atoms with Crippen molar-refractivity contribution in [1.82, 2.24) is 10.2 Å². The fraction of sp³-hybridized carbons (Fsp3) is 0.636. The summed E-state index contributed by atoms with van der Waals surface area (Å²) in [6.45, 7) is 3.22. The van der Waals surface area contributed by atoms with Crippen molar-refractivity contribution in [1.29, 1.82) is 0 Å². The smallest absolute Gasteiger partial charge is 0.151 e. The van der Waals surface area contributed by atoms with Crippen LogP contribution in [0.2, 0.25) is 0 Å². The number of aryl methyl sites for hydroxylation is 1. The third-order valence-electron chi connectivity index (χ3n) is 2.92. The van der Waals surface area contributed by atoms with Gasteiger partial charge in [0.25, 0.3) is 0 Å². The van der Waals surface area contributed by atoms with E-state index in [-0.39, 0.29) is 6.61 Å². The summed E-state index contributed by atoms with van der Waals surface area (Å²) in [5, 5.41) is 17.2. The van der Waals surface area contributed by atoms with Gasteiger partial charge in [0, 0.05) is 19.2 Å². The van der Waals surface area contributed by atoms with Gasteiger partial charge < -0.3 is 10.0 Å². The zero-order chi connectivity index (χ0) is 10.7.